The summed E-state index contributed by atoms with van der Waals surface area (Å²) in [6.45, 7) is 7.28. The molecule has 5 nitrogen and oxygen atoms in total. The Bertz CT molecular complexity index is 774. The number of esters is 1. The molecule has 2 aromatic rings. The molecule has 2 aromatic carbocycles. The normalized spacial score (nSPS) is 11.0. The van der Waals surface area contributed by atoms with E-state index in [1.807, 2.05) is 38.1 Å². The van der Waals surface area contributed by atoms with E-state index >= 15 is 0 Å². The van der Waals surface area contributed by atoms with Gasteiger partial charge in [0.15, 0.2) is 5.60 Å². The molecule has 5 heteroatoms. The van der Waals surface area contributed by atoms with Gasteiger partial charge in [-0.3, -0.25) is 4.79 Å². The maximum Gasteiger partial charge on any atom is 0.349 e. The lowest BCUT2D eigenvalue weighted by Crippen LogP contribution is -2.39. The fourth-order valence-electron chi connectivity index (χ4n) is 2.69. The van der Waals surface area contributed by atoms with Gasteiger partial charge in [-0.1, -0.05) is 18.2 Å². The molecule has 26 heavy (non-hydrogen) atoms. The highest BCUT2D eigenvalue weighted by molar-refractivity contribution is 5.92. The van der Waals surface area contributed by atoms with E-state index < -0.39 is 11.6 Å². The van der Waals surface area contributed by atoms with Crippen molar-refractivity contribution in [1.29, 1.82) is 0 Å². The first-order valence-corrected chi connectivity index (χ1v) is 8.44. The predicted molar refractivity (Wildman–Crippen MR) is 101 cm³/mol. The first-order valence-electron chi connectivity index (χ1n) is 8.44. The summed E-state index contributed by atoms with van der Waals surface area (Å²) in [5, 5.41) is 2.92. The summed E-state index contributed by atoms with van der Waals surface area (Å²) in [5.74, 6) is 0.00632. The highest BCUT2D eigenvalue weighted by Gasteiger charge is 2.30. The van der Waals surface area contributed by atoms with E-state index in [4.69, 9.17) is 9.47 Å². The minimum Gasteiger partial charge on any atom is -0.476 e. The Morgan fingerprint density at radius 3 is 2.12 bits per heavy atom. The monoisotopic (exact) mass is 355 g/mol. The minimum atomic E-state index is -1.07. The number of carbonyl (C=O) groups is 2. The van der Waals surface area contributed by atoms with Gasteiger partial charge in [-0.25, -0.2) is 4.79 Å². The average molecular weight is 355 g/mol. The van der Waals surface area contributed by atoms with Crippen LogP contribution in [0.1, 0.15) is 30.5 Å². The second-order valence-electron chi connectivity index (χ2n) is 6.85. The maximum atomic E-state index is 12.2. The van der Waals surface area contributed by atoms with Crippen LogP contribution in [0.15, 0.2) is 42.5 Å². The molecule has 0 saturated carbocycles. The zero-order valence-corrected chi connectivity index (χ0v) is 15.9. The quantitative estimate of drug-likeness (QED) is 0.800. The Labute approximate surface area is 154 Å². The van der Waals surface area contributed by atoms with Gasteiger partial charge in [0, 0.05) is 5.69 Å². The number of hydrogen-bond acceptors (Lipinski definition) is 4. The lowest BCUT2D eigenvalue weighted by Gasteiger charge is -2.23. The van der Waals surface area contributed by atoms with Crippen LogP contribution < -0.4 is 10.1 Å². The van der Waals surface area contributed by atoms with Gasteiger partial charge in [-0.15, -0.1) is 0 Å². The van der Waals surface area contributed by atoms with E-state index in [0.29, 0.717) is 5.75 Å². The van der Waals surface area contributed by atoms with Crippen molar-refractivity contribution < 1.29 is 19.1 Å². The van der Waals surface area contributed by atoms with Gasteiger partial charge in [0.1, 0.15) is 5.75 Å². The fraction of sp³-hybridized carbons (Fsp3) is 0.333. The molecule has 138 valence electrons. The Balaban J connectivity index is 1.98. The van der Waals surface area contributed by atoms with Crippen molar-refractivity contribution in [2.75, 3.05) is 12.4 Å². The van der Waals surface area contributed by atoms with Crippen LogP contribution in [0.25, 0.3) is 0 Å². The summed E-state index contributed by atoms with van der Waals surface area (Å²) in [4.78, 5) is 23.9. The van der Waals surface area contributed by atoms with Crippen molar-refractivity contribution in [1.82, 2.24) is 0 Å². The van der Waals surface area contributed by atoms with Crippen LogP contribution in [-0.2, 0) is 20.7 Å². The Kier molecular flexibility index (Phi) is 6.03. The number of aryl methyl sites for hydroxylation is 2. The number of amides is 1. The molecule has 0 spiro atoms. The van der Waals surface area contributed by atoms with Crippen molar-refractivity contribution in [3.63, 3.8) is 0 Å². The number of carbonyl (C=O) groups excluding carboxylic acids is 2. The molecule has 0 radical (unpaired) electrons. The Morgan fingerprint density at radius 1 is 1.00 bits per heavy atom. The number of nitrogens with one attached hydrogen (secondary N) is 1. The van der Waals surface area contributed by atoms with Crippen LogP contribution in [0.4, 0.5) is 5.69 Å². The largest absolute Gasteiger partial charge is 0.476 e. The van der Waals surface area contributed by atoms with Crippen LogP contribution in [0.2, 0.25) is 0 Å². The van der Waals surface area contributed by atoms with Crippen molar-refractivity contribution in [3.05, 3.63) is 59.2 Å². The average Bonchev–Trinajstić information content (AvgIpc) is 2.54. The van der Waals surface area contributed by atoms with E-state index in [-0.39, 0.29) is 12.3 Å². The molecule has 0 aliphatic heterocycles. The maximum absolute atomic E-state index is 12.2. The van der Waals surface area contributed by atoms with Gasteiger partial charge in [-0.2, -0.15) is 0 Å². The summed E-state index contributed by atoms with van der Waals surface area (Å²) in [7, 11) is 1.32. The third-order valence-corrected chi connectivity index (χ3v) is 3.84. The highest BCUT2D eigenvalue weighted by Crippen LogP contribution is 2.20. The molecule has 0 heterocycles. The molecule has 0 atom stereocenters. The first kappa shape index (κ1) is 19.5. The van der Waals surface area contributed by atoms with Crippen LogP contribution in [0.3, 0.4) is 0 Å². The molecular formula is C21H25NO4. The van der Waals surface area contributed by atoms with Gasteiger partial charge < -0.3 is 14.8 Å². The van der Waals surface area contributed by atoms with E-state index in [2.05, 4.69) is 11.4 Å². The topological polar surface area (TPSA) is 64.6 Å². The lowest BCUT2D eigenvalue weighted by atomic mass is 10.1. The second-order valence-corrected chi connectivity index (χ2v) is 6.85. The summed E-state index contributed by atoms with van der Waals surface area (Å²) in [5.41, 5.74) is 2.80. The summed E-state index contributed by atoms with van der Waals surface area (Å²) < 4.78 is 10.4. The molecule has 0 aliphatic rings. The summed E-state index contributed by atoms with van der Waals surface area (Å²) in [6.07, 6.45) is 0.258. The van der Waals surface area contributed by atoms with Gasteiger partial charge >= 0.3 is 5.97 Å². The fourth-order valence-corrected chi connectivity index (χ4v) is 2.69. The zero-order valence-electron chi connectivity index (χ0n) is 15.9. The lowest BCUT2D eigenvalue weighted by molar-refractivity contribution is -0.156. The second kappa shape index (κ2) is 8.04. The van der Waals surface area contributed by atoms with Gasteiger partial charge in [0.25, 0.3) is 0 Å². The third kappa shape index (κ3) is 5.34. The van der Waals surface area contributed by atoms with Crippen LogP contribution in [0, 0.1) is 13.8 Å². The third-order valence-electron chi connectivity index (χ3n) is 3.84. The molecule has 0 aliphatic carbocycles. The van der Waals surface area contributed by atoms with Crippen LogP contribution in [-0.4, -0.2) is 24.6 Å². The van der Waals surface area contributed by atoms with Crippen molar-refractivity contribution in [2.24, 2.45) is 0 Å². The minimum absolute atomic E-state index is 0.0847. The number of hydrogen-bond donors (Lipinski definition) is 1. The van der Waals surface area contributed by atoms with E-state index in [1.165, 1.54) is 7.11 Å². The highest BCUT2D eigenvalue weighted by atomic mass is 16.6. The number of methoxy groups -OCH3 is 1. The van der Waals surface area contributed by atoms with Crippen LogP contribution in [0.5, 0.6) is 5.75 Å². The predicted octanol–water partition coefficient (Wildman–Crippen LogP) is 3.82. The molecule has 0 saturated heterocycles. The standard InChI is InChI=1S/C21H25NO4/c1-14-10-15(2)12-17(11-14)22-19(23)13-16-6-8-18(9-7-16)26-21(3,4)20(24)25-5/h6-12H,13H2,1-5H3,(H,22,23). The number of benzene rings is 2. The number of rotatable bonds is 6. The molecule has 2 rings (SSSR count). The molecule has 1 amide bonds. The molecular weight excluding hydrogens is 330 g/mol. The summed E-state index contributed by atoms with van der Waals surface area (Å²) in [6, 6.07) is 13.0. The SMILES string of the molecule is COC(=O)C(C)(C)Oc1ccc(CC(=O)Nc2cc(C)cc(C)c2)cc1. The van der Waals surface area contributed by atoms with E-state index in [0.717, 1.165) is 22.4 Å². The molecule has 0 aromatic heterocycles. The molecule has 0 bridgehead atoms. The number of anilines is 1. The zero-order chi connectivity index (χ0) is 19.3. The molecule has 0 fully saturated rings. The van der Waals surface area contributed by atoms with Gasteiger partial charge in [0.2, 0.25) is 5.91 Å². The van der Waals surface area contributed by atoms with E-state index in [9.17, 15) is 9.59 Å². The first-order chi connectivity index (χ1) is 12.2. The molecule has 0 unspecified atom stereocenters. The van der Waals surface area contributed by atoms with Gasteiger partial charge in [0.05, 0.1) is 13.5 Å². The van der Waals surface area contributed by atoms with E-state index in [1.54, 1.807) is 26.0 Å². The molecule has 1 N–H and O–H groups in total. The van der Waals surface area contributed by atoms with Crippen molar-refractivity contribution in [2.45, 2.75) is 39.7 Å². The van der Waals surface area contributed by atoms with Crippen molar-refractivity contribution >= 4 is 17.6 Å². The smallest absolute Gasteiger partial charge is 0.349 e. The van der Waals surface area contributed by atoms with Crippen LogP contribution >= 0.6 is 0 Å². The Morgan fingerprint density at radius 2 is 1.58 bits per heavy atom. The van der Waals surface area contributed by atoms with Crippen molar-refractivity contribution in [3.8, 4) is 5.75 Å². The number of ether oxygens (including phenoxy) is 2. The van der Waals surface area contributed by atoms with Gasteiger partial charge in [-0.05, 0) is 68.7 Å². The summed E-state index contributed by atoms with van der Waals surface area (Å²) >= 11 is 0. The Hall–Kier alpha value is -2.82.